The second kappa shape index (κ2) is 13.2. The maximum absolute atomic E-state index is 6.75. The number of furan rings is 1. The summed E-state index contributed by atoms with van der Waals surface area (Å²) in [6.45, 7) is 0. The van der Waals surface area contributed by atoms with Crippen LogP contribution in [-0.4, -0.2) is 0 Å². The Bertz CT molecular complexity index is 3240. The van der Waals surface area contributed by atoms with Crippen LogP contribution in [0.1, 0.15) is 0 Å². The van der Waals surface area contributed by atoms with Gasteiger partial charge in [-0.05, 0) is 103 Å². The molecule has 0 atom stereocenters. The summed E-state index contributed by atoms with van der Waals surface area (Å²) in [4.78, 5) is 2.42. The fourth-order valence-electron chi connectivity index (χ4n) is 8.73. The Kier molecular flexibility index (Phi) is 7.53. The Morgan fingerprint density at radius 2 is 0.875 bits per heavy atom. The Labute approximate surface area is 325 Å². The molecule has 0 saturated heterocycles. The molecule has 0 N–H and O–H groups in total. The summed E-state index contributed by atoms with van der Waals surface area (Å²) < 4.78 is 6.75. The van der Waals surface area contributed by atoms with Crippen molar-refractivity contribution in [1.29, 1.82) is 0 Å². The lowest BCUT2D eigenvalue weighted by Gasteiger charge is -2.28. The van der Waals surface area contributed by atoms with Gasteiger partial charge in [0.05, 0.1) is 11.1 Å². The first-order valence-corrected chi connectivity index (χ1v) is 19.2. The molecule has 1 heterocycles. The maximum atomic E-state index is 6.75. The quantitative estimate of drug-likeness (QED) is 0.160. The van der Waals surface area contributed by atoms with E-state index in [0.29, 0.717) is 0 Å². The molecule has 0 bridgehead atoms. The lowest BCUT2D eigenvalue weighted by molar-refractivity contribution is 0.672. The van der Waals surface area contributed by atoms with Crippen LogP contribution in [0.25, 0.3) is 87.6 Å². The van der Waals surface area contributed by atoms with Gasteiger partial charge < -0.3 is 9.32 Å². The van der Waals surface area contributed by atoms with Crippen molar-refractivity contribution in [3.05, 3.63) is 212 Å². The standard InChI is InChI=1S/C54H35NO/c1-4-16-36(17-5-1)40-23-14-24-41(34-40)55(49-28-15-29-50-53(49)47-32-30-37-18-10-11-25-43(37)54(47)56-50)42-31-33-45-44-26-12-13-27-46(44)51(38-19-6-2-7-20-38)52(48(45)35-42)39-21-8-3-9-22-39/h1-35H. The van der Waals surface area contributed by atoms with Gasteiger partial charge in [-0.25, -0.2) is 0 Å². The van der Waals surface area contributed by atoms with Crippen LogP contribution in [-0.2, 0) is 0 Å². The van der Waals surface area contributed by atoms with Crippen molar-refractivity contribution in [3.8, 4) is 33.4 Å². The van der Waals surface area contributed by atoms with Crippen LogP contribution in [0.15, 0.2) is 217 Å². The minimum absolute atomic E-state index is 0.862. The van der Waals surface area contributed by atoms with Crippen LogP contribution >= 0.6 is 0 Å². The molecule has 0 unspecified atom stereocenters. The highest BCUT2D eigenvalue weighted by molar-refractivity contribution is 6.23. The van der Waals surface area contributed by atoms with Gasteiger partial charge in [-0.2, -0.15) is 0 Å². The van der Waals surface area contributed by atoms with Gasteiger partial charge in [0.15, 0.2) is 0 Å². The van der Waals surface area contributed by atoms with Gasteiger partial charge in [0.25, 0.3) is 0 Å². The summed E-state index contributed by atoms with van der Waals surface area (Å²) >= 11 is 0. The summed E-state index contributed by atoms with van der Waals surface area (Å²) in [5.41, 5.74) is 12.2. The van der Waals surface area contributed by atoms with Gasteiger partial charge in [-0.1, -0.05) is 170 Å². The second-order valence-electron chi connectivity index (χ2n) is 14.4. The molecular formula is C54H35NO. The van der Waals surface area contributed by atoms with E-state index in [-0.39, 0.29) is 0 Å². The maximum Gasteiger partial charge on any atom is 0.143 e. The van der Waals surface area contributed by atoms with Crippen LogP contribution in [0.5, 0.6) is 0 Å². The first-order valence-electron chi connectivity index (χ1n) is 19.2. The lowest BCUT2D eigenvalue weighted by atomic mass is 9.85. The van der Waals surface area contributed by atoms with Crippen LogP contribution in [0, 0.1) is 0 Å². The zero-order valence-corrected chi connectivity index (χ0v) is 30.6. The summed E-state index contributed by atoms with van der Waals surface area (Å²) in [5.74, 6) is 0. The third kappa shape index (κ3) is 5.19. The molecule has 11 aromatic rings. The topological polar surface area (TPSA) is 16.4 Å². The molecule has 0 spiro atoms. The zero-order valence-electron chi connectivity index (χ0n) is 30.6. The highest BCUT2D eigenvalue weighted by Gasteiger charge is 2.23. The largest absolute Gasteiger partial charge is 0.455 e. The molecule has 0 amide bonds. The van der Waals surface area contributed by atoms with Gasteiger partial charge in [0.1, 0.15) is 11.2 Å². The number of hydrogen-bond donors (Lipinski definition) is 0. The number of rotatable bonds is 6. The minimum atomic E-state index is 0.862. The molecule has 0 aliphatic rings. The van der Waals surface area contributed by atoms with E-state index in [1.54, 1.807) is 0 Å². The fourth-order valence-corrected chi connectivity index (χ4v) is 8.73. The SMILES string of the molecule is c1ccc(-c2cccc(N(c3ccc4c(c3)c(-c3ccccc3)c(-c3ccccc3)c3ccccc34)c3cccc4oc5c6ccccc6ccc5c34)c2)cc1. The van der Waals surface area contributed by atoms with Crippen LogP contribution in [0.4, 0.5) is 17.1 Å². The number of nitrogens with zero attached hydrogens (tertiary/aromatic N) is 1. The summed E-state index contributed by atoms with van der Waals surface area (Å²) in [6, 6.07) is 76.5. The molecule has 0 fully saturated rings. The van der Waals surface area contributed by atoms with Crippen molar-refractivity contribution >= 4 is 71.3 Å². The van der Waals surface area contributed by atoms with Crippen molar-refractivity contribution in [2.75, 3.05) is 4.90 Å². The summed E-state index contributed by atoms with van der Waals surface area (Å²) in [5, 5.41) is 9.37. The second-order valence-corrected chi connectivity index (χ2v) is 14.4. The predicted octanol–water partition coefficient (Wildman–Crippen LogP) is 15.5. The van der Waals surface area contributed by atoms with Crippen molar-refractivity contribution in [2.45, 2.75) is 0 Å². The summed E-state index contributed by atoms with van der Waals surface area (Å²) in [6.07, 6.45) is 0. The lowest BCUT2D eigenvalue weighted by Crippen LogP contribution is -2.10. The molecule has 262 valence electrons. The Hall–Kier alpha value is -7.42. The van der Waals surface area contributed by atoms with Gasteiger partial charge in [0.2, 0.25) is 0 Å². The van der Waals surface area contributed by atoms with Crippen molar-refractivity contribution in [3.63, 3.8) is 0 Å². The molecule has 0 saturated carbocycles. The average molecular weight is 714 g/mol. The van der Waals surface area contributed by atoms with Crippen molar-refractivity contribution in [2.24, 2.45) is 0 Å². The molecule has 0 aliphatic carbocycles. The predicted molar refractivity (Wildman–Crippen MR) is 237 cm³/mol. The number of hydrogen-bond acceptors (Lipinski definition) is 2. The Morgan fingerprint density at radius 3 is 1.62 bits per heavy atom. The smallest absolute Gasteiger partial charge is 0.143 e. The monoisotopic (exact) mass is 713 g/mol. The molecule has 1 aromatic heterocycles. The number of fused-ring (bicyclic) bond motifs is 8. The molecular weight excluding hydrogens is 679 g/mol. The molecule has 2 heteroatoms. The van der Waals surface area contributed by atoms with E-state index in [9.17, 15) is 0 Å². The first kappa shape index (κ1) is 32.0. The van der Waals surface area contributed by atoms with Crippen LogP contribution < -0.4 is 4.90 Å². The number of benzene rings is 10. The van der Waals surface area contributed by atoms with E-state index >= 15 is 0 Å². The third-order valence-electron chi connectivity index (χ3n) is 11.2. The summed E-state index contributed by atoms with van der Waals surface area (Å²) in [7, 11) is 0. The van der Waals surface area contributed by atoms with Gasteiger partial charge in [0, 0.05) is 22.1 Å². The molecule has 11 rings (SSSR count). The molecule has 0 radical (unpaired) electrons. The molecule has 56 heavy (non-hydrogen) atoms. The van der Waals surface area contributed by atoms with Gasteiger partial charge in [-0.3, -0.25) is 0 Å². The minimum Gasteiger partial charge on any atom is -0.455 e. The highest BCUT2D eigenvalue weighted by atomic mass is 16.3. The van der Waals surface area contributed by atoms with E-state index in [2.05, 4.69) is 217 Å². The molecule has 10 aromatic carbocycles. The van der Waals surface area contributed by atoms with Crippen molar-refractivity contribution < 1.29 is 4.42 Å². The van der Waals surface area contributed by atoms with Gasteiger partial charge >= 0.3 is 0 Å². The third-order valence-corrected chi connectivity index (χ3v) is 11.2. The molecule has 2 nitrogen and oxygen atoms in total. The van der Waals surface area contributed by atoms with Crippen LogP contribution in [0.2, 0.25) is 0 Å². The fraction of sp³-hybridized carbons (Fsp3) is 0. The average Bonchev–Trinajstić information content (AvgIpc) is 3.67. The van der Waals surface area contributed by atoms with Crippen LogP contribution in [0.3, 0.4) is 0 Å². The van der Waals surface area contributed by atoms with E-state index in [4.69, 9.17) is 4.42 Å². The highest BCUT2D eigenvalue weighted by Crippen LogP contribution is 2.49. The van der Waals surface area contributed by atoms with E-state index in [0.717, 1.165) is 55.3 Å². The Morgan fingerprint density at radius 1 is 0.321 bits per heavy atom. The van der Waals surface area contributed by atoms with Crippen molar-refractivity contribution in [1.82, 2.24) is 0 Å². The molecule has 0 aliphatic heterocycles. The Balaban J connectivity index is 1.25. The van der Waals surface area contributed by atoms with E-state index < -0.39 is 0 Å². The van der Waals surface area contributed by atoms with E-state index in [1.807, 2.05) is 0 Å². The zero-order chi connectivity index (χ0) is 37.0. The van der Waals surface area contributed by atoms with E-state index in [1.165, 1.54) is 49.4 Å². The normalized spacial score (nSPS) is 11.6. The first-order chi connectivity index (χ1) is 27.8. The number of anilines is 3. The van der Waals surface area contributed by atoms with Gasteiger partial charge in [-0.15, -0.1) is 0 Å².